The summed E-state index contributed by atoms with van der Waals surface area (Å²) in [4.78, 5) is 21.2. The van der Waals surface area contributed by atoms with Crippen molar-refractivity contribution in [1.82, 2.24) is 35.3 Å². The summed E-state index contributed by atoms with van der Waals surface area (Å²) in [6.45, 7) is 5.76. The number of aryl methyl sites for hydroxylation is 1. The molecule has 0 fully saturated rings. The van der Waals surface area contributed by atoms with E-state index >= 15 is 0 Å². The van der Waals surface area contributed by atoms with Crippen LogP contribution in [0.2, 0.25) is 0 Å². The maximum atomic E-state index is 12.8. The Kier molecular flexibility index (Phi) is 4.44. The maximum absolute atomic E-state index is 12.8. The standard InChI is InChI=1S/C18H18N8O2/c1-10(2)13-8-12(16-11(3)25-28-18(16)20-13)17(27)24-22-14-4-5-15(23-21-14)26-7-6-19-9-26/h4-10H,1-3H3,(H,21,22)(H,24,27). The first-order chi connectivity index (χ1) is 13.5. The van der Waals surface area contributed by atoms with Gasteiger partial charge in [-0.3, -0.25) is 20.2 Å². The van der Waals surface area contributed by atoms with Gasteiger partial charge in [-0.25, -0.2) is 9.97 Å². The van der Waals surface area contributed by atoms with Crippen LogP contribution in [0.5, 0.6) is 0 Å². The minimum atomic E-state index is -0.346. The topological polar surface area (TPSA) is 124 Å². The molecule has 28 heavy (non-hydrogen) atoms. The Morgan fingerprint density at radius 2 is 2.11 bits per heavy atom. The number of hydrogen-bond donors (Lipinski definition) is 2. The summed E-state index contributed by atoms with van der Waals surface area (Å²) >= 11 is 0. The Hall–Kier alpha value is -3.82. The van der Waals surface area contributed by atoms with Gasteiger partial charge in [-0.1, -0.05) is 19.0 Å². The Bertz CT molecular complexity index is 1120. The zero-order chi connectivity index (χ0) is 19.7. The van der Waals surface area contributed by atoms with E-state index in [-0.39, 0.29) is 11.8 Å². The van der Waals surface area contributed by atoms with E-state index in [1.165, 1.54) is 0 Å². The lowest BCUT2D eigenvalue weighted by atomic mass is 10.0. The number of nitrogens with one attached hydrogen (secondary N) is 2. The van der Waals surface area contributed by atoms with Gasteiger partial charge in [-0.2, -0.15) is 0 Å². The summed E-state index contributed by atoms with van der Waals surface area (Å²) in [6.07, 6.45) is 5.05. The Balaban J connectivity index is 1.54. The second-order valence-electron chi connectivity index (χ2n) is 6.52. The summed E-state index contributed by atoms with van der Waals surface area (Å²) in [7, 11) is 0. The van der Waals surface area contributed by atoms with Crippen molar-refractivity contribution in [3.8, 4) is 5.82 Å². The molecule has 0 radical (unpaired) electrons. The SMILES string of the molecule is Cc1noc2nc(C(C)C)cc(C(=O)NNc3ccc(-n4ccnc4)nn3)c12. The van der Waals surface area contributed by atoms with Crippen molar-refractivity contribution in [1.29, 1.82) is 0 Å². The number of nitrogens with zero attached hydrogens (tertiary/aromatic N) is 6. The quantitative estimate of drug-likeness (QED) is 0.507. The molecule has 0 bridgehead atoms. The molecule has 0 spiro atoms. The summed E-state index contributed by atoms with van der Waals surface area (Å²) in [5.74, 6) is 0.803. The van der Waals surface area contributed by atoms with Gasteiger partial charge in [0.15, 0.2) is 11.6 Å². The minimum absolute atomic E-state index is 0.135. The summed E-state index contributed by atoms with van der Waals surface area (Å²) in [5.41, 5.74) is 7.54. The number of fused-ring (bicyclic) bond motifs is 1. The van der Waals surface area contributed by atoms with Gasteiger partial charge in [-0.15, -0.1) is 10.2 Å². The average molecular weight is 378 g/mol. The predicted octanol–water partition coefficient (Wildman–Crippen LogP) is 2.39. The third-order valence-corrected chi connectivity index (χ3v) is 4.20. The highest BCUT2D eigenvalue weighted by atomic mass is 16.5. The number of hydrazine groups is 1. The van der Waals surface area contributed by atoms with Crippen molar-refractivity contribution in [2.24, 2.45) is 0 Å². The highest BCUT2D eigenvalue weighted by Crippen LogP contribution is 2.25. The molecule has 10 heteroatoms. The van der Waals surface area contributed by atoms with Crippen LogP contribution >= 0.6 is 0 Å². The molecule has 0 unspecified atom stereocenters. The van der Waals surface area contributed by atoms with Crippen LogP contribution in [0.1, 0.15) is 41.5 Å². The van der Waals surface area contributed by atoms with Crippen LogP contribution in [0.3, 0.4) is 0 Å². The monoisotopic (exact) mass is 378 g/mol. The van der Waals surface area contributed by atoms with E-state index in [2.05, 4.69) is 36.2 Å². The maximum Gasteiger partial charge on any atom is 0.270 e. The summed E-state index contributed by atoms with van der Waals surface area (Å²) < 4.78 is 6.98. The molecule has 0 aliphatic carbocycles. The van der Waals surface area contributed by atoms with Crippen LogP contribution in [0.25, 0.3) is 16.9 Å². The third kappa shape index (κ3) is 3.27. The lowest BCUT2D eigenvalue weighted by molar-refractivity contribution is 0.0964. The highest BCUT2D eigenvalue weighted by Gasteiger charge is 2.19. The van der Waals surface area contributed by atoms with Crippen LogP contribution in [-0.2, 0) is 0 Å². The number of pyridine rings is 1. The van der Waals surface area contributed by atoms with Crippen LogP contribution in [0.15, 0.2) is 41.4 Å². The fourth-order valence-corrected chi connectivity index (χ4v) is 2.70. The Labute approximate surface area is 160 Å². The van der Waals surface area contributed by atoms with E-state index in [0.29, 0.717) is 34.0 Å². The minimum Gasteiger partial charge on any atom is -0.336 e. The molecule has 4 rings (SSSR count). The van der Waals surface area contributed by atoms with Gasteiger partial charge in [-0.05, 0) is 31.0 Å². The van der Waals surface area contributed by atoms with E-state index in [4.69, 9.17) is 4.52 Å². The molecule has 10 nitrogen and oxygen atoms in total. The van der Waals surface area contributed by atoms with Gasteiger partial charge in [0, 0.05) is 18.1 Å². The van der Waals surface area contributed by atoms with Gasteiger partial charge in [0.1, 0.15) is 6.33 Å². The lowest BCUT2D eigenvalue weighted by Gasteiger charge is -2.11. The van der Waals surface area contributed by atoms with Crippen LogP contribution in [0, 0.1) is 6.92 Å². The van der Waals surface area contributed by atoms with Gasteiger partial charge < -0.3 is 4.52 Å². The van der Waals surface area contributed by atoms with Gasteiger partial charge in [0.25, 0.3) is 11.6 Å². The Morgan fingerprint density at radius 3 is 2.79 bits per heavy atom. The molecule has 0 aromatic carbocycles. The second-order valence-corrected chi connectivity index (χ2v) is 6.52. The lowest BCUT2D eigenvalue weighted by Crippen LogP contribution is -2.30. The molecule has 4 aromatic rings. The van der Waals surface area contributed by atoms with Gasteiger partial charge in [0.2, 0.25) is 0 Å². The van der Waals surface area contributed by atoms with Crippen molar-refractivity contribution >= 4 is 22.8 Å². The van der Waals surface area contributed by atoms with E-state index in [9.17, 15) is 4.79 Å². The first kappa shape index (κ1) is 17.6. The first-order valence-electron chi connectivity index (χ1n) is 8.68. The zero-order valence-corrected chi connectivity index (χ0v) is 15.5. The van der Waals surface area contributed by atoms with Crippen molar-refractivity contribution in [3.05, 3.63) is 53.9 Å². The molecule has 142 valence electrons. The predicted molar refractivity (Wildman–Crippen MR) is 101 cm³/mol. The average Bonchev–Trinajstić information content (AvgIpc) is 3.36. The number of amides is 1. The molecule has 4 heterocycles. The van der Waals surface area contributed by atoms with Crippen LogP contribution < -0.4 is 10.9 Å². The van der Waals surface area contributed by atoms with Gasteiger partial charge in [0.05, 0.1) is 16.6 Å². The molecule has 2 N–H and O–H groups in total. The van der Waals surface area contributed by atoms with E-state index in [1.54, 1.807) is 48.4 Å². The number of rotatable bonds is 5. The molecule has 0 atom stereocenters. The van der Waals surface area contributed by atoms with Crippen LogP contribution in [-0.4, -0.2) is 35.8 Å². The van der Waals surface area contributed by atoms with E-state index in [1.807, 2.05) is 13.8 Å². The van der Waals surface area contributed by atoms with Crippen molar-refractivity contribution < 1.29 is 9.32 Å². The van der Waals surface area contributed by atoms with Crippen molar-refractivity contribution in [2.45, 2.75) is 26.7 Å². The van der Waals surface area contributed by atoms with Gasteiger partial charge >= 0.3 is 0 Å². The molecule has 1 amide bonds. The van der Waals surface area contributed by atoms with E-state index < -0.39 is 0 Å². The summed E-state index contributed by atoms with van der Waals surface area (Å²) in [5, 5.41) is 12.6. The molecular formula is C18H18N8O2. The van der Waals surface area contributed by atoms with Crippen molar-refractivity contribution in [3.63, 3.8) is 0 Å². The number of anilines is 1. The Morgan fingerprint density at radius 1 is 1.25 bits per heavy atom. The number of imidazole rings is 1. The molecule has 4 aromatic heterocycles. The molecule has 0 saturated heterocycles. The zero-order valence-electron chi connectivity index (χ0n) is 15.5. The molecular weight excluding hydrogens is 360 g/mol. The number of carbonyl (C=O) groups is 1. The van der Waals surface area contributed by atoms with Crippen LogP contribution in [0.4, 0.5) is 5.82 Å². The van der Waals surface area contributed by atoms with E-state index in [0.717, 1.165) is 5.69 Å². The fourth-order valence-electron chi connectivity index (χ4n) is 2.70. The number of hydrogen-bond acceptors (Lipinski definition) is 8. The van der Waals surface area contributed by atoms with Crippen molar-refractivity contribution in [2.75, 3.05) is 5.43 Å². The second kappa shape index (κ2) is 7.06. The number of carbonyl (C=O) groups excluding carboxylic acids is 1. The molecule has 0 aliphatic rings. The smallest absolute Gasteiger partial charge is 0.270 e. The fraction of sp³-hybridized carbons (Fsp3) is 0.222. The molecule has 0 aliphatic heterocycles. The highest BCUT2D eigenvalue weighted by molar-refractivity contribution is 6.06. The normalized spacial score (nSPS) is 11.1. The molecule has 0 saturated carbocycles. The summed E-state index contributed by atoms with van der Waals surface area (Å²) in [6, 6.07) is 5.21. The third-order valence-electron chi connectivity index (χ3n) is 4.20. The number of aromatic nitrogens is 6. The first-order valence-corrected chi connectivity index (χ1v) is 8.68. The largest absolute Gasteiger partial charge is 0.336 e.